The van der Waals surface area contributed by atoms with Crippen LogP contribution in [0.2, 0.25) is 0 Å². The molecule has 0 aromatic heterocycles. The van der Waals surface area contributed by atoms with Crippen molar-refractivity contribution in [1.29, 1.82) is 0 Å². The number of nitrogens with two attached hydrogens (primary N) is 1. The van der Waals surface area contributed by atoms with E-state index in [1.54, 1.807) is 0 Å². The van der Waals surface area contributed by atoms with Gasteiger partial charge in [0.05, 0.1) is 0 Å². The summed E-state index contributed by atoms with van der Waals surface area (Å²) in [4.78, 5) is 0. The summed E-state index contributed by atoms with van der Waals surface area (Å²) in [5.74, 6) is 1.88. The van der Waals surface area contributed by atoms with E-state index in [4.69, 9.17) is 5.73 Å². The first-order chi connectivity index (χ1) is 7.26. The first-order valence-corrected chi connectivity index (χ1v) is 7.01. The van der Waals surface area contributed by atoms with Crippen LogP contribution in [0.25, 0.3) is 0 Å². The van der Waals surface area contributed by atoms with Gasteiger partial charge in [0.15, 0.2) is 0 Å². The predicted octanol–water partition coefficient (Wildman–Crippen LogP) is 4.11. The van der Waals surface area contributed by atoms with Crippen molar-refractivity contribution >= 4 is 0 Å². The van der Waals surface area contributed by atoms with E-state index >= 15 is 0 Å². The molecule has 1 aliphatic rings. The third-order valence-electron chi connectivity index (χ3n) is 4.21. The molecule has 1 heteroatoms. The van der Waals surface area contributed by atoms with Crippen molar-refractivity contribution < 1.29 is 0 Å². The normalized spacial score (nSPS) is 20.0. The standard InChI is InChI=1S/C14H29N/c1-3-12(4-2)11-14(15)10-9-13-7-5-6-8-13/h12-14H,3-11,15H2,1-2H3. The molecule has 0 aliphatic heterocycles. The van der Waals surface area contributed by atoms with Crippen molar-refractivity contribution in [2.24, 2.45) is 17.6 Å². The predicted molar refractivity (Wildman–Crippen MR) is 67.9 cm³/mol. The van der Waals surface area contributed by atoms with E-state index in [0.29, 0.717) is 6.04 Å². The van der Waals surface area contributed by atoms with Gasteiger partial charge in [0, 0.05) is 6.04 Å². The van der Waals surface area contributed by atoms with Gasteiger partial charge in [0.1, 0.15) is 0 Å². The lowest BCUT2D eigenvalue weighted by atomic mass is 9.90. The Labute approximate surface area is 95.8 Å². The third-order valence-corrected chi connectivity index (χ3v) is 4.21. The van der Waals surface area contributed by atoms with E-state index in [-0.39, 0.29) is 0 Å². The Bertz CT molecular complexity index is 145. The Kier molecular flexibility index (Phi) is 6.31. The molecule has 90 valence electrons. The van der Waals surface area contributed by atoms with E-state index in [1.165, 1.54) is 57.8 Å². The summed E-state index contributed by atoms with van der Waals surface area (Å²) in [7, 11) is 0. The van der Waals surface area contributed by atoms with Crippen LogP contribution in [0.3, 0.4) is 0 Å². The Hall–Kier alpha value is -0.0400. The van der Waals surface area contributed by atoms with Crippen LogP contribution in [-0.2, 0) is 0 Å². The van der Waals surface area contributed by atoms with Crippen molar-refractivity contribution in [3.05, 3.63) is 0 Å². The minimum absolute atomic E-state index is 0.468. The summed E-state index contributed by atoms with van der Waals surface area (Å²) in [6.45, 7) is 4.58. The molecular weight excluding hydrogens is 182 g/mol. The van der Waals surface area contributed by atoms with Gasteiger partial charge in [-0.1, -0.05) is 52.4 Å². The van der Waals surface area contributed by atoms with Gasteiger partial charge in [-0.15, -0.1) is 0 Å². The number of rotatable bonds is 7. The molecule has 1 saturated carbocycles. The molecule has 0 aromatic carbocycles. The highest BCUT2D eigenvalue weighted by molar-refractivity contribution is 4.72. The van der Waals surface area contributed by atoms with Crippen LogP contribution >= 0.6 is 0 Å². The van der Waals surface area contributed by atoms with Crippen LogP contribution in [-0.4, -0.2) is 6.04 Å². The zero-order chi connectivity index (χ0) is 11.1. The topological polar surface area (TPSA) is 26.0 Å². The molecule has 1 nitrogen and oxygen atoms in total. The maximum absolute atomic E-state index is 6.20. The summed E-state index contributed by atoms with van der Waals surface area (Å²) in [5.41, 5.74) is 6.20. The molecule has 0 bridgehead atoms. The average Bonchev–Trinajstić information content (AvgIpc) is 2.75. The molecule has 1 rings (SSSR count). The molecule has 0 saturated heterocycles. The maximum Gasteiger partial charge on any atom is 0.00415 e. The molecule has 2 N–H and O–H groups in total. The smallest absolute Gasteiger partial charge is 0.00415 e. The van der Waals surface area contributed by atoms with Gasteiger partial charge in [-0.2, -0.15) is 0 Å². The third kappa shape index (κ3) is 5.01. The highest BCUT2D eigenvalue weighted by Gasteiger charge is 2.17. The van der Waals surface area contributed by atoms with Crippen molar-refractivity contribution in [2.45, 2.75) is 77.7 Å². The molecule has 1 atom stereocenters. The molecule has 15 heavy (non-hydrogen) atoms. The van der Waals surface area contributed by atoms with Crippen molar-refractivity contribution in [3.63, 3.8) is 0 Å². The lowest BCUT2D eigenvalue weighted by molar-refractivity contribution is 0.369. The molecule has 0 radical (unpaired) electrons. The largest absolute Gasteiger partial charge is 0.328 e. The maximum atomic E-state index is 6.20. The second-order valence-electron chi connectivity index (χ2n) is 5.41. The highest BCUT2D eigenvalue weighted by Crippen LogP contribution is 2.29. The van der Waals surface area contributed by atoms with Gasteiger partial charge < -0.3 is 5.73 Å². The second kappa shape index (κ2) is 7.27. The average molecular weight is 211 g/mol. The van der Waals surface area contributed by atoms with Gasteiger partial charge >= 0.3 is 0 Å². The first kappa shape index (κ1) is 13.0. The quantitative estimate of drug-likeness (QED) is 0.674. The van der Waals surface area contributed by atoms with Crippen LogP contribution in [0, 0.1) is 11.8 Å². The van der Waals surface area contributed by atoms with Gasteiger partial charge in [-0.05, 0) is 31.1 Å². The van der Waals surface area contributed by atoms with Gasteiger partial charge in [-0.25, -0.2) is 0 Å². The Balaban J connectivity index is 2.08. The molecule has 0 aromatic rings. The van der Waals surface area contributed by atoms with E-state index in [0.717, 1.165) is 11.8 Å². The van der Waals surface area contributed by atoms with Crippen molar-refractivity contribution in [3.8, 4) is 0 Å². The van der Waals surface area contributed by atoms with E-state index in [2.05, 4.69) is 13.8 Å². The lowest BCUT2D eigenvalue weighted by Gasteiger charge is -2.19. The van der Waals surface area contributed by atoms with Crippen molar-refractivity contribution in [1.82, 2.24) is 0 Å². The van der Waals surface area contributed by atoms with E-state index in [1.807, 2.05) is 0 Å². The Morgan fingerprint density at radius 2 is 1.73 bits per heavy atom. The van der Waals surface area contributed by atoms with Gasteiger partial charge in [0.2, 0.25) is 0 Å². The molecule has 0 amide bonds. The zero-order valence-electron chi connectivity index (χ0n) is 10.7. The molecule has 0 heterocycles. The fourth-order valence-electron chi connectivity index (χ4n) is 2.92. The monoisotopic (exact) mass is 211 g/mol. The number of hydrogen-bond donors (Lipinski definition) is 1. The fourth-order valence-corrected chi connectivity index (χ4v) is 2.92. The summed E-state index contributed by atoms with van der Waals surface area (Å²) >= 11 is 0. The zero-order valence-corrected chi connectivity index (χ0v) is 10.7. The molecule has 1 unspecified atom stereocenters. The first-order valence-electron chi connectivity index (χ1n) is 7.01. The minimum atomic E-state index is 0.468. The van der Waals surface area contributed by atoms with Crippen LogP contribution in [0.5, 0.6) is 0 Å². The summed E-state index contributed by atoms with van der Waals surface area (Å²) in [6, 6.07) is 0.468. The molecule has 1 aliphatic carbocycles. The second-order valence-corrected chi connectivity index (χ2v) is 5.41. The van der Waals surface area contributed by atoms with Crippen LogP contribution < -0.4 is 5.73 Å². The SMILES string of the molecule is CCC(CC)CC(N)CCC1CCCC1. The van der Waals surface area contributed by atoms with Gasteiger partial charge in [-0.3, -0.25) is 0 Å². The van der Waals surface area contributed by atoms with Crippen LogP contribution in [0.4, 0.5) is 0 Å². The highest BCUT2D eigenvalue weighted by atomic mass is 14.6. The number of hydrogen-bond acceptors (Lipinski definition) is 1. The molecule has 0 spiro atoms. The minimum Gasteiger partial charge on any atom is -0.328 e. The van der Waals surface area contributed by atoms with Crippen molar-refractivity contribution in [2.75, 3.05) is 0 Å². The Morgan fingerprint density at radius 3 is 2.27 bits per heavy atom. The summed E-state index contributed by atoms with van der Waals surface area (Å²) in [5, 5.41) is 0. The fraction of sp³-hybridized carbons (Fsp3) is 1.00. The van der Waals surface area contributed by atoms with E-state index in [9.17, 15) is 0 Å². The van der Waals surface area contributed by atoms with Gasteiger partial charge in [0.25, 0.3) is 0 Å². The Morgan fingerprint density at radius 1 is 1.13 bits per heavy atom. The molecule has 1 fully saturated rings. The van der Waals surface area contributed by atoms with Crippen LogP contribution in [0.15, 0.2) is 0 Å². The summed E-state index contributed by atoms with van der Waals surface area (Å²) in [6.07, 6.45) is 12.4. The van der Waals surface area contributed by atoms with Crippen LogP contribution in [0.1, 0.15) is 71.6 Å². The summed E-state index contributed by atoms with van der Waals surface area (Å²) < 4.78 is 0. The molecular formula is C14H29N. The van der Waals surface area contributed by atoms with E-state index < -0.39 is 0 Å². The lowest BCUT2D eigenvalue weighted by Crippen LogP contribution is -2.24.